The van der Waals surface area contributed by atoms with Crippen molar-refractivity contribution in [2.24, 2.45) is 11.8 Å². The molecule has 4 heteroatoms. The maximum absolute atomic E-state index is 3.47. The largest absolute Gasteiger partial charge is 0.314 e. The monoisotopic (exact) mass is 428 g/mol. The normalized spacial score (nSPS) is 22.8. The van der Waals surface area contributed by atoms with Gasteiger partial charge in [-0.2, -0.15) is 0 Å². The van der Waals surface area contributed by atoms with Gasteiger partial charge in [-0.15, -0.1) is 0 Å². The molecule has 1 aromatic carbocycles. The molecule has 0 radical (unpaired) electrons. The highest BCUT2D eigenvalue weighted by molar-refractivity contribution is 5.14. The fraction of sp³-hybridized carbons (Fsp3) is 0.778. The SMILES string of the molecule is CC(C)CCCN1CCN(Cc2ccccc2)C(CC(C)CCCN2CCNCC2)C1. The van der Waals surface area contributed by atoms with E-state index in [1.54, 1.807) is 0 Å². The Morgan fingerprint density at radius 1 is 0.871 bits per heavy atom. The van der Waals surface area contributed by atoms with Gasteiger partial charge in [-0.05, 0) is 62.6 Å². The Morgan fingerprint density at radius 2 is 1.58 bits per heavy atom. The van der Waals surface area contributed by atoms with Crippen molar-refractivity contribution in [3.8, 4) is 0 Å². The van der Waals surface area contributed by atoms with E-state index >= 15 is 0 Å². The molecule has 0 amide bonds. The maximum atomic E-state index is 3.47. The summed E-state index contributed by atoms with van der Waals surface area (Å²) in [6, 6.07) is 11.8. The lowest BCUT2D eigenvalue weighted by Gasteiger charge is -2.43. The van der Waals surface area contributed by atoms with Crippen molar-refractivity contribution in [1.82, 2.24) is 20.0 Å². The first kappa shape index (κ1) is 24.7. The molecule has 0 saturated carbocycles. The molecule has 2 unspecified atom stereocenters. The fourth-order valence-electron chi connectivity index (χ4n) is 5.31. The van der Waals surface area contributed by atoms with Crippen LogP contribution in [0.5, 0.6) is 0 Å². The van der Waals surface area contributed by atoms with E-state index < -0.39 is 0 Å². The molecule has 2 saturated heterocycles. The first-order valence-corrected chi connectivity index (χ1v) is 13.0. The molecule has 176 valence electrons. The Balaban J connectivity index is 1.48. The van der Waals surface area contributed by atoms with Crippen LogP contribution in [0.1, 0.15) is 58.4 Å². The zero-order chi connectivity index (χ0) is 21.9. The lowest BCUT2D eigenvalue weighted by Crippen LogP contribution is -2.53. The van der Waals surface area contributed by atoms with Crippen molar-refractivity contribution in [1.29, 1.82) is 0 Å². The second-order valence-corrected chi connectivity index (χ2v) is 10.5. The second kappa shape index (κ2) is 13.6. The van der Waals surface area contributed by atoms with Crippen LogP contribution in [-0.2, 0) is 6.54 Å². The Bertz CT molecular complexity index is 584. The molecule has 0 aromatic heterocycles. The van der Waals surface area contributed by atoms with Crippen LogP contribution in [0.2, 0.25) is 0 Å². The summed E-state index contributed by atoms with van der Waals surface area (Å²) < 4.78 is 0. The van der Waals surface area contributed by atoms with Gasteiger partial charge in [-0.25, -0.2) is 0 Å². The molecule has 0 spiro atoms. The molecule has 0 bridgehead atoms. The molecule has 2 fully saturated rings. The molecule has 0 aliphatic carbocycles. The van der Waals surface area contributed by atoms with Gasteiger partial charge in [0.05, 0.1) is 0 Å². The summed E-state index contributed by atoms with van der Waals surface area (Å²) in [5.74, 6) is 1.63. The lowest BCUT2D eigenvalue weighted by molar-refractivity contribution is 0.0535. The van der Waals surface area contributed by atoms with E-state index in [0.717, 1.165) is 18.4 Å². The third-order valence-electron chi connectivity index (χ3n) is 7.23. The summed E-state index contributed by atoms with van der Waals surface area (Å²) in [6.45, 7) is 19.4. The molecule has 2 atom stereocenters. The zero-order valence-corrected chi connectivity index (χ0v) is 20.6. The standard InChI is InChI=1S/C27H48N4/c1-24(2)9-7-16-30-19-20-31(22-26-11-5-4-6-12-26)27(23-30)21-25(3)10-8-15-29-17-13-28-14-18-29/h4-6,11-12,24-25,27-28H,7-10,13-23H2,1-3H3. The van der Waals surface area contributed by atoms with Gasteiger partial charge in [0.15, 0.2) is 0 Å². The Hall–Kier alpha value is -0.940. The summed E-state index contributed by atoms with van der Waals surface area (Å²) in [5.41, 5.74) is 1.46. The van der Waals surface area contributed by atoms with Crippen LogP contribution in [0, 0.1) is 11.8 Å². The van der Waals surface area contributed by atoms with Gasteiger partial charge in [0.25, 0.3) is 0 Å². The second-order valence-electron chi connectivity index (χ2n) is 10.5. The molecular weight excluding hydrogens is 380 g/mol. The average Bonchev–Trinajstić information content (AvgIpc) is 2.77. The van der Waals surface area contributed by atoms with Gasteiger partial charge in [0, 0.05) is 58.4 Å². The van der Waals surface area contributed by atoms with Crippen LogP contribution in [-0.4, -0.2) is 79.6 Å². The highest BCUT2D eigenvalue weighted by Gasteiger charge is 2.28. The molecule has 2 aliphatic rings. The third-order valence-corrected chi connectivity index (χ3v) is 7.23. The summed E-state index contributed by atoms with van der Waals surface area (Å²) in [5, 5.41) is 3.47. The number of piperazine rings is 2. The summed E-state index contributed by atoms with van der Waals surface area (Å²) >= 11 is 0. The van der Waals surface area contributed by atoms with Crippen LogP contribution >= 0.6 is 0 Å². The molecule has 1 N–H and O–H groups in total. The molecule has 2 aliphatic heterocycles. The minimum Gasteiger partial charge on any atom is -0.314 e. The van der Waals surface area contributed by atoms with Crippen molar-refractivity contribution in [2.45, 2.75) is 65.5 Å². The zero-order valence-electron chi connectivity index (χ0n) is 20.6. The predicted octanol–water partition coefficient (Wildman–Crippen LogP) is 4.32. The maximum Gasteiger partial charge on any atom is 0.0237 e. The number of rotatable bonds is 12. The van der Waals surface area contributed by atoms with Crippen LogP contribution in [0.3, 0.4) is 0 Å². The average molecular weight is 429 g/mol. The fourth-order valence-corrected chi connectivity index (χ4v) is 5.31. The number of hydrogen-bond acceptors (Lipinski definition) is 4. The molecule has 31 heavy (non-hydrogen) atoms. The minimum atomic E-state index is 0.696. The molecule has 3 rings (SSSR count). The van der Waals surface area contributed by atoms with E-state index in [2.05, 4.69) is 71.1 Å². The number of nitrogens with zero attached hydrogens (tertiary/aromatic N) is 3. The quantitative estimate of drug-likeness (QED) is 0.535. The highest BCUT2D eigenvalue weighted by atomic mass is 15.3. The Kier molecular flexibility index (Phi) is 10.8. The Labute approximate surface area is 192 Å². The van der Waals surface area contributed by atoms with Crippen LogP contribution in [0.15, 0.2) is 30.3 Å². The highest BCUT2D eigenvalue weighted by Crippen LogP contribution is 2.23. The van der Waals surface area contributed by atoms with Crippen LogP contribution in [0.4, 0.5) is 0 Å². The van der Waals surface area contributed by atoms with Gasteiger partial charge in [0.2, 0.25) is 0 Å². The summed E-state index contributed by atoms with van der Waals surface area (Å²) in [6.07, 6.45) is 6.77. The molecular formula is C27H48N4. The summed E-state index contributed by atoms with van der Waals surface area (Å²) in [7, 11) is 0. The van der Waals surface area contributed by atoms with Crippen molar-refractivity contribution in [2.75, 3.05) is 58.9 Å². The van der Waals surface area contributed by atoms with Gasteiger partial charge >= 0.3 is 0 Å². The van der Waals surface area contributed by atoms with Crippen LogP contribution in [0.25, 0.3) is 0 Å². The van der Waals surface area contributed by atoms with E-state index in [0.29, 0.717) is 6.04 Å². The first-order valence-electron chi connectivity index (χ1n) is 13.0. The van der Waals surface area contributed by atoms with E-state index in [1.807, 2.05) is 0 Å². The van der Waals surface area contributed by atoms with E-state index in [4.69, 9.17) is 0 Å². The van der Waals surface area contributed by atoms with Gasteiger partial charge in [-0.3, -0.25) is 4.90 Å². The van der Waals surface area contributed by atoms with E-state index in [1.165, 1.54) is 96.6 Å². The van der Waals surface area contributed by atoms with Crippen molar-refractivity contribution >= 4 is 0 Å². The smallest absolute Gasteiger partial charge is 0.0237 e. The first-order chi connectivity index (χ1) is 15.1. The predicted molar refractivity (Wildman–Crippen MR) is 133 cm³/mol. The molecule has 1 aromatic rings. The van der Waals surface area contributed by atoms with Gasteiger partial charge in [0.1, 0.15) is 0 Å². The third kappa shape index (κ3) is 9.21. The van der Waals surface area contributed by atoms with E-state index in [-0.39, 0.29) is 0 Å². The van der Waals surface area contributed by atoms with Gasteiger partial charge < -0.3 is 15.1 Å². The molecule has 2 heterocycles. The minimum absolute atomic E-state index is 0.696. The van der Waals surface area contributed by atoms with Crippen molar-refractivity contribution in [3.05, 3.63) is 35.9 Å². The number of hydrogen-bond donors (Lipinski definition) is 1. The number of benzene rings is 1. The topological polar surface area (TPSA) is 21.8 Å². The van der Waals surface area contributed by atoms with E-state index in [9.17, 15) is 0 Å². The van der Waals surface area contributed by atoms with Crippen LogP contribution < -0.4 is 5.32 Å². The van der Waals surface area contributed by atoms with Gasteiger partial charge in [-0.1, -0.05) is 51.1 Å². The number of nitrogens with one attached hydrogen (secondary N) is 1. The molecule has 4 nitrogen and oxygen atoms in total. The lowest BCUT2D eigenvalue weighted by atomic mass is 9.93. The Morgan fingerprint density at radius 3 is 2.32 bits per heavy atom. The van der Waals surface area contributed by atoms with Crippen molar-refractivity contribution < 1.29 is 0 Å². The summed E-state index contributed by atoms with van der Waals surface area (Å²) in [4.78, 5) is 8.17. The van der Waals surface area contributed by atoms with Crippen molar-refractivity contribution in [3.63, 3.8) is 0 Å².